The molecule has 0 amide bonds. The standard InChI is InChI=1S/C11H20N4O2S/c1-15-8-13-11(14-15)6-7-12-9-4-3-5-10(9)18(2,16)17/h8-10,12H,3-7H2,1-2H3. The molecule has 102 valence electrons. The molecule has 1 aliphatic rings. The van der Waals surface area contributed by atoms with Gasteiger partial charge in [-0.1, -0.05) is 6.42 Å². The van der Waals surface area contributed by atoms with Gasteiger partial charge in [0.1, 0.15) is 6.33 Å². The Morgan fingerprint density at radius 1 is 1.50 bits per heavy atom. The molecule has 1 fully saturated rings. The summed E-state index contributed by atoms with van der Waals surface area (Å²) in [6.45, 7) is 0.723. The van der Waals surface area contributed by atoms with Crippen LogP contribution in [0.1, 0.15) is 25.1 Å². The molecule has 0 aliphatic heterocycles. The number of nitrogens with zero attached hydrogens (tertiary/aromatic N) is 3. The molecule has 0 radical (unpaired) electrons. The van der Waals surface area contributed by atoms with Gasteiger partial charge in [0.2, 0.25) is 0 Å². The summed E-state index contributed by atoms with van der Waals surface area (Å²) < 4.78 is 24.9. The molecule has 0 aromatic carbocycles. The van der Waals surface area contributed by atoms with Gasteiger partial charge in [-0.25, -0.2) is 13.4 Å². The van der Waals surface area contributed by atoms with Crippen LogP contribution in [0, 0.1) is 0 Å². The fraction of sp³-hybridized carbons (Fsp3) is 0.818. The van der Waals surface area contributed by atoms with E-state index in [4.69, 9.17) is 0 Å². The number of hydrogen-bond donors (Lipinski definition) is 1. The van der Waals surface area contributed by atoms with Gasteiger partial charge >= 0.3 is 0 Å². The summed E-state index contributed by atoms with van der Waals surface area (Å²) >= 11 is 0. The molecule has 1 aromatic heterocycles. The van der Waals surface area contributed by atoms with Crippen LogP contribution in [0.25, 0.3) is 0 Å². The lowest BCUT2D eigenvalue weighted by molar-refractivity contribution is 0.507. The molecule has 1 aliphatic carbocycles. The highest BCUT2D eigenvalue weighted by atomic mass is 32.2. The maximum absolute atomic E-state index is 11.6. The highest BCUT2D eigenvalue weighted by molar-refractivity contribution is 7.91. The number of nitrogens with one attached hydrogen (secondary N) is 1. The van der Waals surface area contributed by atoms with Gasteiger partial charge < -0.3 is 5.32 Å². The van der Waals surface area contributed by atoms with Crippen molar-refractivity contribution in [3.63, 3.8) is 0 Å². The molecule has 7 heteroatoms. The van der Waals surface area contributed by atoms with E-state index in [-0.39, 0.29) is 11.3 Å². The second-order valence-corrected chi connectivity index (χ2v) is 7.21. The largest absolute Gasteiger partial charge is 0.312 e. The first-order valence-corrected chi connectivity index (χ1v) is 8.19. The maximum atomic E-state index is 11.6. The van der Waals surface area contributed by atoms with E-state index in [1.54, 1.807) is 11.0 Å². The molecular formula is C11H20N4O2S. The maximum Gasteiger partial charge on any atom is 0.151 e. The van der Waals surface area contributed by atoms with Gasteiger partial charge in [-0.2, -0.15) is 5.10 Å². The van der Waals surface area contributed by atoms with Crippen LogP contribution in [0.5, 0.6) is 0 Å². The predicted octanol–water partition coefficient (Wildman–Crippen LogP) is -0.0871. The summed E-state index contributed by atoms with van der Waals surface area (Å²) in [5.74, 6) is 0.791. The van der Waals surface area contributed by atoms with Gasteiger partial charge in [0.15, 0.2) is 15.7 Å². The Morgan fingerprint density at radius 3 is 2.89 bits per heavy atom. The topological polar surface area (TPSA) is 76.9 Å². The van der Waals surface area contributed by atoms with E-state index in [1.165, 1.54) is 6.26 Å². The third-order valence-corrected chi connectivity index (χ3v) is 5.07. The van der Waals surface area contributed by atoms with Crippen molar-refractivity contribution in [2.45, 2.75) is 37.0 Å². The van der Waals surface area contributed by atoms with Crippen LogP contribution in [-0.2, 0) is 23.3 Å². The average Bonchev–Trinajstić information content (AvgIpc) is 2.86. The second kappa shape index (κ2) is 5.36. The number of aromatic nitrogens is 3. The summed E-state index contributed by atoms with van der Waals surface area (Å²) in [5.41, 5.74) is 0. The Hall–Kier alpha value is -0.950. The lowest BCUT2D eigenvalue weighted by Gasteiger charge is -2.19. The van der Waals surface area contributed by atoms with Crippen LogP contribution in [0.3, 0.4) is 0 Å². The highest BCUT2D eigenvalue weighted by Gasteiger charge is 2.34. The minimum atomic E-state index is -2.94. The van der Waals surface area contributed by atoms with E-state index < -0.39 is 9.84 Å². The number of hydrogen-bond acceptors (Lipinski definition) is 5. The first kappa shape index (κ1) is 13.5. The molecule has 18 heavy (non-hydrogen) atoms. The van der Waals surface area contributed by atoms with Crippen LogP contribution in [0.15, 0.2) is 6.33 Å². The lowest BCUT2D eigenvalue weighted by Crippen LogP contribution is -2.40. The highest BCUT2D eigenvalue weighted by Crippen LogP contribution is 2.24. The summed E-state index contributed by atoms with van der Waals surface area (Å²) in [4.78, 5) is 4.14. The SMILES string of the molecule is Cn1cnc(CCNC2CCCC2S(C)(=O)=O)n1. The van der Waals surface area contributed by atoms with Crippen LogP contribution < -0.4 is 5.32 Å². The molecule has 1 heterocycles. The van der Waals surface area contributed by atoms with E-state index >= 15 is 0 Å². The van der Waals surface area contributed by atoms with Crippen molar-refractivity contribution in [3.8, 4) is 0 Å². The lowest BCUT2D eigenvalue weighted by atomic mass is 10.2. The van der Waals surface area contributed by atoms with Crippen molar-refractivity contribution in [1.29, 1.82) is 0 Å². The molecule has 0 spiro atoms. The van der Waals surface area contributed by atoms with Gasteiger partial charge in [-0.15, -0.1) is 0 Å². The first-order valence-electron chi connectivity index (χ1n) is 6.23. The molecule has 2 atom stereocenters. The van der Waals surface area contributed by atoms with Crippen molar-refractivity contribution in [3.05, 3.63) is 12.2 Å². The Kier molecular flexibility index (Phi) is 4.01. The molecule has 2 rings (SSSR count). The number of rotatable bonds is 5. The molecule has 1 N–H and O–H groups in total. The van der Waals surface area contributed by atoms with Gasteiger partial charge in [0.05, 0.1) is 5.25 Å². The van der Waals surface area contributed by atoms with Crippen molar-refractivity contribution in [2.24, 2.45) is 7.05 Å². The second-order valence-electron chi connectivity index (χ2n) is 4.94. The zero-order chi connectivity index (χ0) is 13.2. The van der Waals surface area contributed by atoms with E-state index in [0.29, 0.717) is 0 Å². The zero-order valence-electron chi connectivity index (χ0n) is 10.8. The Balaban J connectivity index is 1.83. The minimum Gasteiger partial charge on any atom is -0.312 e. The van der Waals surface area contributed by atoms with Crippen molar-refractivity contribution in [2.75, 3.05) is 12.8 Å². The summed E-state index contributed by atoms with van der Waals surface area (Å²) in [6, 6.07) is 0.0868. The molecule has 0 saturated heterocycles. The van der Waals surface area contributed by atoms with Gasteiger partial charge in [-0.05, 0) is 12.8 Å². The molecule has 0 bridgehead atoms. The summed E-state index contributed by atoms with van der Waals surface area (Å²) in [5, 5.41) is 7.29. The molecule has 1 saturated carbocycles. The third kappa shape index (κ3) is 3.29. The molecule has 6 nitrogen and oxygen atoms in total. The Labute approximate surface area is 108 Å². The Morgan fingerprint density at radius 2 is 2.28 bits per heavy atom. The van der Waals surface area contributed by atoms with Crippen molar-refractivity contribution < 1.29 is 8.42 Å². The molecular weight excluding hydrogens is 252 g/mol. The van der Waals surface area contributed by atoms with E-state index in [2.05, 4.69) is 15.4 Å². The van der Waals surface area contributed by atoms with E-state index in [0.717, 1.165) is 38.1 Å². The monoisotopic (exact) mass is 272 g/mol. The fourth-order valence-electron chi connectivity index (χ4n) is 2.54. The summed E-state index contributed by atoms with van der Waals surface area (Å²) in [6.07, 6.45) is 6.43. The van der Waals surface area contributed by atoms with Gasteiger partial charge in [0, 0.05) is 32.3 Å². The van der Waals surface area contributed by atoms with Crippen LogP contribution in [-0.4, -0.2) is 47.3 Å². The molecule has 1 aromatic rings. The minimum absolute atomic E-state index is 0.0868. The average molecular weight is 272 g/mol. The number of aryl methyl sites for hydroxylation is 1. The normalized spacial score (nSPS) is 24.6. The van der Waals surface area contributed by atoms with E-state index in [1.807, 2.05) is 7.05 Å². The quantitative estimate of drug-likeness (QED) is 0.811. The third-order valence-electron chi connectivity index (χ3n) is 3.40. The first-order chi connectivity index (χ1) is 8.47. The van der Waals surface area contributed by atoms with Crippen LogP contribution in [0.4, 0.5) is 0 Å². The smallest absolute Gasteiger partial charge is 0.151 e. The van der Waals surface area contributed by atoms with Gasteiger partial charge in [0.25, 0.3) is 0 Å². The fourth-order valence-corrected chi connectivity index (χ4v) is 3.96. The number of sulfone groups is 1. The van der Waals surface area contributed by atoms with Gasteiger partial charge in [-0.3, -0.25) is 4.68 Å². The summed E-state index contributed by atoms with van der Waals surface area (Å²) in [7, 11) is -1.11. The van der Waals surface area contributed by atoms with E-state index in [9.17, 15) is 8.42 Å². The Bertz CT molecular complexity index is 497. The van der Waals surface area contributed by atoms with Crippen LogP contribution >= 0.6 is 0 Å². The van der Waals surface area contributed by atoms with Crippen molar-refractivity contribution in [1.82, 2.24) is 20.1 Å². The van der Waals surface area contributed by atoms with Crippen molar-refractivity contribution >= 4 is 9.84 Å². The van der Waals surface area contributed by atoms with Crippen LogP contribution in [0.2, 0.25) is 0 Å². The predicted molar refractivity (Wildman–Crippen MR) is 69.0 cm³/mol. The molecule has 2 unspecified atom stereocenters. The zero-order valence-corrected chi connectivity index (χ0v) is 11.7.